The second kappa shape index (κ2) is 16.0. The zero-order valence-electron chi connectivity index (χ0n) is 12.0. The summed E-state index contributed by atoms with van der Waals surface area (Å²) in [6.07, 6.45) is 5.06. The third-order valence-electron chi connectivity index (χ3n) is 1.95. The Labute approximate surface area is 111 Å². The summed E-state index contributed by atoms with van der Waals surface area (Å²) in [5.74, 6) is 0.498. The van der Waals surface area contributed by atoms with E-state index in [2.05, 4.69) is 13.5 Å². The van der Waals surface area contributed by atoms with Gasteiger partial charge in [0, 0.05) is 13.5 Å². The molecule has 0 radical (unpaired) electrons. The number of ether oxygens (including phenoxy) is 2. The van der Waals surface area contributed by atoms with Gasteiger partial charge in [-0.15, -0.1) is 0 Å². The van der Waals surface area contributed by atoms with Crippen molar-refractivity contribution >= 4 is 5.97 Å². The van der Waals surface area contributed by atoms with Crippen LogP contribution in [0.25, 0.3) is 0 Å². The van der Waals surface area contributed by atoms with E-state index in [0.29, 0.717) is 19.8 Å². The molecule has 0 rings (SSSR count). The second-order valence-electron chi connectivity index (χ2n) is 4.03. The number of unbranched alkanes of at least 4 members (excludes halogenated alkanes) is 3. The van der Waals surface area contributed by atoms with E-state index in [-0.39, 0.29) is 5.97 Å². The first kappa shape index (κ1) is 19.3. The van der Waals surface area contributed by atoms with E-state index in [0.717, 1.165) is 31.4 Å². The van der Waals surface area contributed by atoms with Crippen LogP contribution in [0.15, 0.2) is 12.3 Å². The van der Waals surface area contributed by atoms with Gasteiger partial charge in [-0.1, -0.05) is 26.3 Å². The number of esters is 1. The van der Waals surface area contributed by atoms with Gasteiger partial charge in [0.25, 0.3) is 0 Å². The Morgan fingerprint density at radius 1 is 1.06 bits per heavy atom. The third kappa shape index (κ3) is 24.3. The lowest BCUT2D eigenvalue weighted by atomic mass is 10.3. The maximum absolute atomic E-state index is 10.3. The van der Waals surface area contributed by atoms with Crippen LogP contribution in [0.5, 0.6) is 0 Å². The van der Waals surface area contributed by atoms with Gasteiger partial charge in [-0.3, -0.25) is 4.79 Å². The molecule has 108 valence electrons. The van der Waals surface area contributed by atoms with Crippen LogP contribution in [0.1, 0.15) is 52.9 Å². The number of hydrogen-bond acceptors (Lipinski definition) is 4. The van der Waals surface area contributed by atoms with Crippen molar-refractivity contribution in [2.45, 2.75) is 52.9 Å². The number of rotatable bonds is 9. The lowest BCUT2D eigenvalue weighted by molar-refractivity contribution is -0.141. The number of aliphatic hydroxyl groups excluding tert-OH is 1. The van der Waals surface area contributed by atoms with Crippen molar-refractivity contribution in [3.8, 4) is 0 Å². The smallest absolute Gasteiger partial charge is 0.302 e. The number of carbonyl (C=O) groups excluding carboxylic acids is 1. The molecule has 0 saturated heterocycles. The molecule has 0 spiro atoms. The lowest BCUT2D eigenvalue weighted by Gasteiger charge is -2.04. The molecule has 4 nitrogen and oxygen atoms in total. The average Bonchev–Trinajstić information content (AvgIpc) is 2.31. The number of carbonyl (C=O) groups is 1. The predicted molar refractivity (Wildman–Crippen MR) is 73.2 cm³/mol. The quantitative estimate of drug-likeness (QED) is 0.393. The molecule has 0 aromatic heterocycles. The molecule has 0 aromatic rings. The molecule has 0 atom stereocenters. The molecule has 1 N–H and O–H groups in total. The lowest BCUT2D eigenvalue weighted by Crippen LogP contribution is -2.01. The molecule has 0 aliphatic heterocycles. The van der Waals surface area contributed by atoms with Crippen LogP contribution >= 0.6 is 0 Å². The fourth-order valence-corrected chi connectivity index (χ4v) is 1.03. The minimum Gasteiger partial charge on any atom is -0.499 e. The molecule has 0 aromatic carbocycles. The average molecular weight is 260 g/mol. The standard InChI is InChI=1S/C9H16O3.C5H12O/c1-8(2)11-6-4-5-7-12-9(3)10;1-2-3-4-5-6/h1,4-7H2,2-3H3;6H,2-5H2,1H3. The van der Waals surface area contributed by atoms with E-state index in [9.17, 15) is 4.79 Å². The van der Waals surface area contributed by atoms with Gasteiger partial charge in [0.1, 0.15) is 0 Å². The van der Waals surface area contributed by atoms with E-state index in [1.54, 1.807) is 0 Å². The fraction of sp³-hybridized carbons (Fsp3) is 0.786. The molecule has 0 heterocycles. The Morgan fingerprint density at radius 2 is 1.61 bits per heavy atom. The minimum absolute atomic E-state index is 0.226. The summed E-state index contributed by atoms with van der Waals surface area (Å²) in [5, 5.41) is 8.20. The SMILES string of the molecule is C=C(C)OCCCCOC(C)=O.CCCCCO. The summed E-state index contributed by atoms with van der Waals surface area (Å²) in [4.78, 5) is 10.3. The van der Waals surface area contributed by atoms with Crippen LogP contribution in [-0.4, -0.2) is 30.9 Å². The largest absolute Gasteiger partial charge is 0.499 e. The maximum Gasteiger partial charge on any atom is 0.302 e. The zero-order chi connectivity index (χ0) is 14.2. The van der Waals surface area contributed by atoms with Crippen LogP contribution in [0.3, 0.4) is 0 Å². The van der Waals surface area contributed by atoms with Crippen LogP contribution in [0.4, 0.5) is 0 Å². The van der Waals surface area contributed by atoms with Crippen molar-refractivity contribution in [1.82, 2.24) is 0 Å². The molecule has 18 heavy (non-hydrogen) atoms. The summed E-state index contributed by atoms with van der Waals surface area (Å²) in [7, 11) is 0. The Balaban J connectivity index is 0. The first-order chi connectivity index (χ1) is 8.54. The van der Waals surface area contributed by atoms with Crippen LogP contribution in [-0.2, 0) is 14.3 Å². The first-order valence-corrected chi connectivity index (χ1v) is 6.57. The molecule has 0 unspecified atom stereocenters. The van der Waals surface area contributed by atoms with Gasteiger partial charge in [0.15, 0.2) is 0 Å². The summed E-state index contributed by atoms with van der Waals surface area (Å²) >= 11 is 0. The van der Waals surface area contributed by atoms with Crippen molar-refractivity contribution in [3.63, 3.8) is 0 Å². The predicted octanol–water partition coefficient (Wildman–Crippen LogP) is 3.05. The minimum atomic E-state index is -0.226. The van der Waals surface area contributed by atoms with Gasteiger partial charge in [-0.25, -0.2) is 0 Å². The second-order valence-corrected chi connectivity index (χ2v) is 4.03. The van der Waals surface area contributed by atoms with Crippen LogP contribution in [0, 0.1) is 0 Å². The van der Waals surface area contributed by atoms with E-state index >= 15 is 0 Å². The van der Waals surface area contributed by atoms with Crippen molar-refractivity contribution in [2.75, 3.05) is 19.8 Å². The van der Waals surface area contributed by atoms with E-state index < -0.39 is 0 Å². The Morgan fingerprint density at radius 3 is 1.94 bits per heavy atom. The molecule has 0 bridgehead atoms. The van der Waals surface area contributed by atoms with E-state index in [4.69, 9.17) is 14.6 Å². The van der Waals surface area contributed by atoms with Crippen LogP contribution < -0.4 is 0 Å². The van der Waals surface area contributed by atoms with Crippen LogP contribution in [0.2, 0.25) is 0 Å². The van der Waals surface area contributed by atoms with Crippen molar-refractivity contribution in [3.05, 3.63) is 12.3 Å². The Bertz CT molecular complexity index is 180. The van der Waals surface area contributed by atoms with Crippen molar-refractivity contribution in [2.24, 2.45) is 0 Å². The molecule has 0 amide bonds. The van der Waals surface area contributed by atoms with E-state index in [1.165, 1.54) is 13.3 Å². The number of aliphatic hydroxyl groups is 1. The van der Waals surface area contributed by atoms with Gasteiger partial charge in [0.05, 0.1) is 19.0 Å². The molecule has 0 aliphatic carbocycles. The van der Waals surface area contributed by atoms with Crippen molar-refractivity contribution < 1.29 is 19.4 Å². The topological polar surface area (TPSA) is 55.8 Å². The van der Waals surface area contributed by atoms with Gasteiger partial charge in [0.2, 0.25) is 0 Å². The molecule has 0 fully saturated rings. The fourth-order valence-electron chi connectivity index (χ4n) is 1.03. The zero-order valence-corrected chi connectivity index (χ0v) is 12.0. The maximum atomic E-state index is 10.3. The molecular formula is C14H28O4. The monoisotopic (exact) mass is 260 g/mol. The molecular weight excluding hydrogens is 232 g/mol. The molecule has 0 saturated carbocycles. The number of hydrogen-bond donors (Lipinski definition) is 1. The normalized spacial score (nSPS) is 9.11. The Kier molecular flexibility index (Phi) is 17.1. The van der Waals surface area contributed by atoms with Crippen molar-refractivity contribution in [1.29, 1.82) is 0 Å². The first-order valence-electron chi connectivity index (χ1n) is 6.57. The molecule has 0 aliphatic rings. The summed E-state index contributed by atoms with van der Waals surface area (Å²) in [5.41, 5.74) is 0. The van der Waals surface area contributed by atoms with Gasteiger partial charge in [-0.05, 0) is 26.2 Å². The summed E-state index contributed by atoms with van der Waals surface area (Å²) in [6.45, 7) is 10.4. The Hall–Kier alpha value is -1.03. The summed E-state index contributed by atoms with van der Waals surface area (Å²) in [6, 6.07) is 0. The highest BCUT2D eigenvalue weighted by molar-refractivity contribution is 5.65. The molecule has 4 heteroatoms. The third-order valence-corrected chi connectivity index (χ3v) is 1.95. The van der Waals surface area contributed by atoms with Gasteiger partial charge in [-0.2, -0.15) is 0 Å². The highest BCUT2D eigenvalue weighted by atomic mass is 16.5. The highest BCUT2D eigenvalue weighted by Gasteiger charge is 1.93. The number of allylic oxidation sites excluding steroid dienone is 1. The highest BCUT2D eigenvalue weighted by Crippen LogP contribution is 1.96. The summed E-state index contributed by atoms with van der Waals surface area (Å²) < 4.78 is 9.85. The van der Waals surface area contributed by atoms with Gasteiger partial charge < -0.3 is 14.6 Å². The van der Waals surface area contributed by atoms with E-state index in [1.807, 2.05) is 6.92 Å². The van der Waals surface area contributed by atoms with Gasteiger partial charge >= 0.3 is 5.97 Å².